The third-order valence-corrected chi connectivity index (χ3v) is 3.84. The van der Waals surface area contributed by atoms with Crippen molar-refractivity contribution < 1.29 is 4.92 Å². The summed E-state index contributed by atoms with van der Waals surface area (Å²) in [6.45, 7) is 3.50. The molecule has 0 bridgehead atoms. The van der Waals surface area contributed by atoms with Gasteiger partial charge in [0.25, 0.3) is 5.69 Å². The second-order valence-electron chi connectivity index (χ2n) is 5.15. The summed E-state index contributed by atoms with van der Waals surface area (Å²) in [6, 6.07) is 5.87. The minimum Gasteiger partial charge on any atom is -0.368 e. The van der Waals surface area contributed by atoms with E-state index in [2.05, 4.69) is 4.90 Å². The van der Waals surface area contributed by atoms with E-state index in [0.29, 0.717) is 12.6 Å². The van der Waals surface area contributed by atoms with Crippen LogP contribution in [0.4, 0.5) is 11.4 Å². The van der Waals surface area contributed by atoms with Crippen LogP contribution in [0.15, 0.2) is 18.2 Å². The fraction of sp³-hybridized carbons (Fsp3) is 0.571. The van der Waals surface area contributed by atoms with Crippen molar-refractivity contribution in [3.63, 3.8) is 0 Å². The van der Waals surface area contributed by atoms with Gasteiger partial charge >= 0.3 is 0 Å². The molecule has 2 rings (SSSR count). The molecule has 1 atom stereocenters. The molecule has 2 N–H and O–H groups in total. The maximum Gasteiger partial charge on any atom is 0.272 e. The number of benzene rings is 1. The molecule has 0 aromatic heterocycles. The highest BCUT2D eigenvalue weighted by atomic mass is 16.6. The first-order valence-electron chi connectivity index (χ1n) is 6.85. The highest BCUT2D eigenvalue weighted by molar-refractivity contribution is 5.56. The van der Waals surface area contributed by atoms with E-state index < -0.39 is 0 Å². The number of anilines is 1. The molecule has 1 unspecified atom stereocenters. The predicted molar refractivity (Wildman–Crippen MR) is 76.5 cm³/mol. The van der Waals surface area contributed by atoms with E-state index in [1.54, 1.807) is 13.0 Å². The molecule has 5 heteroatoms. The molecule has 104 valence electrons. The molecule has 1 aliphatic rings. The predicted octanol–water partition coefficient (Wildman–Crippen LogP) is 2.61. The lowest BCUT2D eigenvalue weighted by molar-refractivity contribution is -0.385. The molecule has 1 aliphatic heterocycles. The summed E-state index contributed by atoms with van der Waals surface area (Å²) in [5, 5.41) is 10.9. The number of nitrogens with zero attached hydrogens (tertiary/aromatic N) is 2. The largest absolute Gasteiger partial charge is 0.368 e. The van der Waals surface area contributed by atoms with Crippen LogP contribution >= 0.6 is 0 Å². The Morgan fingerprint density at radius 2 is 2.26 bits per heavy atom. The lowest BCUT2D eigenvalue weighted by atomic mass is 9.98. The van der Waals surface area contributed by atoms with Crippen LogP contribution in [0.2, 0.25) is 0 Å². The van der Waals surface area contributed by atoms with E-state index in [4.69, 9.17) is 5.73 Å². The Kier molecular flexibility index (Phi) is 4.37. The van der Waals surface area contributed by atoms with Gasteiger partial charge in [0, 0.05) is 29.9 Å². The molecule has 1 aromatic carbocycles. The number of nitro groups is 1. The summed E-state index contributed by atoms with van der Waals surface area (Å²) < 4.78 is 0. The summed E-state index contributed by atoms with van der Waals surface area (Å²) in [4.78, 5) is 12.9. The molecule has 1 saturated heterocycles. The van der Waals surface area contributed by atoms with E-state index in [1.807, 2.05) is 12.1 Å². The molecular formula is C14H21N3O2. The summed E-state index contributed by atoms with van der Waals surface area (Å²) in [7, 11) is 0. The fourth-order valence-corrected chi connectivity index (χ4v) is 2.86. The van der Waals surface area contributed by atoms with Crippen LogP contribution in [0.25, 0.3) is 0 Å². The van der Waals surface area contributed by atoms with Gasteiger partial charge in [-0.2, -0.15) is 0 Å². The molecule has 0 radical (unpaired) electrons. The Morgan fingerprint density at radius 3 is 2.89 bits per heavy atom. The smallest absolute Gasteiger partial charge is 0.272 e. The van der Waals surface area contributed by atoms with Gasteiger partial charge in [-0.15, -0.1) is 0 Å². The van der Waals surface area contributed by atoms with Crippen molar-refractivity contribution in [1.82, 2.24) is 0 Å². The van der Waals surface area contributed by atoms with Crippen LogP contribution < -0.4 is 10.6 Å². The molecule has 1 aromatic rings. The number of rotatable bonds is 4. The maximum atomic E-state index is 10.9. The van der Waals surface area contributed by atoms with Crippen molar-refractivity contribution in [2.75, 3.05) is 18.0 Å². The molecule has 1 fully saturated rings. The molecular weight excluding hydrogens is 242 g/mol. The standard InChI is InChI=1S/C14H21N3O2/c1-11-10-13(5-6-14(11)17(18)19)16-9-3-2-4-12(16)7-8-15/h5-6,10,12H,2-4,7-9,15H2,1H3. The topological polar surface area (TPSA) is 72.4 Å². The van der Waals surface area contributed by atoms with Crippen LogP contribution in [0.1, 0.15) is 31.2 Å². The molecule has 1 heterocycles. The van der Waals surface area contributed by atoms with Crippen molar-refractivity contribution in [2.45, 2.75) is 38.6 Å². The van der Waals surface area contributed by atoms with Gasteiger partial charge < -0.3 is 10.6 Å². The van der Waals surface area contributed by atoms with E-state index in [0.717, 1.165) is 30.6 Å². The van der Waals surface area contributed by atoms with E-state index >= 15 is 0 Å². The number of hydrogen-bond donors (Lipinski definition) is 1. The van der Waals surface area contributed by atoms with Gasteiger partial charge in [-0.25, -0.2) is 0 Å². The Balaban J connectivity index is 2.24. The van der Waals surface area contributed by atoms with Crippen molar-refractivity contribution in [1.29, 1.82) is 0 Å². The Hall–Kier alpha value is -1.62. The van der Waals surface area contributed by atoms with E-state index in [-0.39, 0.29) is 10.6 Å². The van der Waals surface area contributed by atoms with Crippen molar-refractivity contribution in [3.05, 3.63) is 33.9 Å². The summed E-state index contributed by atoms with van der Waals surface area (Å²) >= 11 is 0. The lowest BCUT2D eigenvalue weighted by Gasteiger charge is -2.37. The van der Waals surface area contributed by atoms with Gasteiger partial charge in [0.05, 0.1) is 4.92 Å². The average Bonchev–Trinajstić information content (AvgIpc) is 2.39. The van der Waals surface area contributed by atoms with Gasteiger partial charge in [0.2, 0.25) is 0 Å². The van der Waals surface area contributed by atoms with Crippen LogP contribution in [0, 0.1) is 17.0 Å². The van der Waals surface area contributed by atoms with Crippen LogP contribution in [-0.4, -0.2) is 24.1 Å². The molecule has 0 aliphatic carbocycles. The van der Waals surface area contributed by atoms with Gasteiger partial charge in [-0.1, -0.05) is 0 Å². The Bertz CT molecular complexity index is 460. The molecule has 19 heavy (non-hydrogen) atoms. The highest BCUT2D eigenvalue weighted by Crippen LogP contribution is 2.29. The van der Waals surface area contributed by atoms with E-state index in [9.17, 15) is 10.1 Å². The number of nitrogens with two attached hydrogens (primary N) is 1. The number of nitro benzene ring substituents is 1. The van der Waals surface area contributed by atoms with Gasteiger partial charge in [-0.05, 0) is 51.3 Å². The van der Waals surface area contributed by atoms with Crippen molar-refractivity contribution in [3.8, 4) is 0 Å². The Morgan fingerprint density at radius 1 is 1.47 bits per heavy atom. The zero-order valence-corrected chi connectivity index (χ0v) is 11.3. The first-order valence-corrected chi connectivity index (χ1v) is 6.85. The fourth-order valence-electron chi connectivity index (χ4n) is 2.86. The summed E-state index contributed by atoms with van der Waals surface area (Å²) in [5.74, 6) is 0. The first kappa shape index (κ1) is 13.8. The summed E-state index contributed by atoms with van der Waals surface area (Å²) in [5.41, 5.74) is 7.67. The SMILES string of the molecule is Cc1cc(N2CCCCC2CCN)ccc1[N+](=O)[O-]. The Labute approximate surface area is 113 Å². The number of aryl methyl sites for hydroxylation is 1. The number of piperidine rings is 1. The lowest BCUT2D eigenvalue weighted by Crippen LogP contribution is -2.40. The average molecular weight is 263 g/mol. The third kappa shape index (κ3) is 3.04. The second kappa shape index (κ2) is 6.02. The monoisotopic (exact) mass is 263 g/mol. The zero-order valence-electron chi connectivity index (χ0n) is 11.3. The van der Waals surface area contributed by atoms with Crippen molar-refractivity contribution in [2.24, 2.45) is 5.73 Å². The first-order chi connectivity index (χ1) is 9.13. The normalized spacial score (nSPS) is 19.5. The van der Waals surface area contributed by atoms with Crippen LogP contribution in [0.5, 0.6) is 0 Å². The third-order valence-electron chi connectivity index (χ3n) is 3.84. The minimum atomic E-state index is -0.327. The number of hydrogen-bond acceptors (Lipinski definition) is 4. The van der Waals surface area contributed by atoms with Crippen molar-refractivity contribution >= 4 is 11.4 Å². The van der Waals surface area contributed by atoms with E-state index in [1.165, 1.54) is 12.8 Å². The minimum absolute atomic E-state index is 0.191. The van der Waals surface area contributed by atoms with Gasteiger partial charge in [0.15, 0.2) is 0 Å². The summed E-state index contributed by atoms with van der Waals surface area (Å²) in [6.07, 6.45) is 4.56. The highest BCUT2D eigenvalue weighted by Gasteiger charge is 2.23. The van der Waals surface area contributed by atoms with Crippen LogP contribution in [0.3, 0.4) is 0 Å². The van der Waals surface area contributed by atoms with Crippen LogP contribution in [-0.2, 0) is 0 Å². The quantitative estimate of drug-likeness (QED) is 0.669. The van der Waals surface area contributed by atoms with Gasteiger partial charge in [-0.3, -0.25) is 10.1 Å². The molecule has 0 saturated carbocycles. The zero-order chi connectivity index (χ0) is 13.8. The second-order valence-corrected chi connectivity index (χ2v) is 5.15. The maximum absolute atomic E-state index is 10.9. The molecule has 0 spiro atoms. The molecule has 0 amide bonds. The van der Waals surface area contributed by atoms with Gasteiger partial charge in [0.1, 0.15) is 0 Å². The molecule has 5 nitrogen and oxygen atoms in total.